The maximum absolute atomic E-state index is 12.6. The molecule has 0 aromatic heterocycles. The van der Waals surface area contributed by atoms with Gasteiger partial charge >= 0.3 is 0 Å². The highest BCUT2D eigenvalue weighted by atomic mass is 16.2. The van der Waals surface area contributed by atoms with Gasteiger partial charge < -0.3 is 0 Å². The Morgan fingerprint density at radius 3 is 2.25 bits per heavy atom. The molecular weight excluding hydrogens is 250 g/mol. The van der Waals surface area contributed by atoms with Crippen LogP contribution in [0, 0.1) is 0 Å². The minimum absolute atomic E-state index is 0.0902. The molecule has 1 N–H and O–H groups in total. The quantitative estimate of drug-likeness (QED) is 0.927. The summed E-state index contributed by atoms with van der Waals surface area (Å²) in [6, 6.07) is 19.1. The summed E-state index contributed by atoms with van der Waals surface area (Å²) in [5.74, 6) is -0.0902. The van der Waals surface area contributed by atoms with Crippen molar-refractivity contribution in [2.45, 2.75) is 12.5 Å². The van der Waals surface area contributed by atoms with Crippen LogP contribution in [0.5, 0.6) is 0 Å². The molecule has 0 radical (unpaired) electrons. The van der Waals surface area contributed by atoms with Crippen molar-refractivity contribution in [3.63, 3.8) is 0 Å². The minimum Gasteiger partial charge on any atom is -0.290 e. The fourth-order valence-electron chi connectivity index (χ4n) is 2.21. The molecule has 20 heavy (non-hydrogen) atoms. The predicted molar refractivity (Wildman–Crippen MR) is 79.2 cm³/mol. The zero-order valence-corrected chi connectivity index (χ0v) is 11.2. The summed E-state index contributed by atoms with van der Waals surface area (Å²) in [4.78, 5) is 17.0. The van der Waals surface area contributed by atoms with Crippen molar-refractivity contribution in [3.8, 4) is 0 Å². The van der Waals surface area contributed by atoms with Crippen LogP contribution in [0.4, 0.5) is 5.69 Å². The SMILES string of the molecule is CC1(c2ccccc2)N=CN(Nc2ccccc2)C1=O. The fourth-order valence-corrected chi connectivity index (χ4v) is 2.21. The standard InChI is InChI=1S/C16H15N3O/c1-16(13-8-4-2-5-9-13)15(20)19(12-17-16)18-14-10-6-3-7-11-14/h2-12,18H,1H3. The van der Waals surface area contributed by atoms with Gasteiger partial charge in [-0.3, -0.25) is 15.2 Å². The Kier molecular flexibility index (Phi) is 2.99. The number of hydrogen-bond donors (Lipinski definition) is 1. The Bertz CT molecular complexity index is 639. The molecule has 100 valence electrons. The van der Waals surface area contributed by atoms with E-state index in [0.717, 1.165) is 11.3 Å². The molecule has 0 saturated carbocycles. The summed E-state index contributed by atoms with van der Waals surface area (Å²) in [6.45, 7) is 1.83. The van der Waals surface area contributed by atoms with Crippen molar-refractivity contribution in [2.75, 3.05) is 5.43 Å². The molecule has 1 aliphatic rings. The first-order valence-electron chi connectivity index (χ1n) is 6.46. The molecule has 0 aliphatic carbocycles. The number of anilines is 1. The number of benzene rings is 2. The number of nitrogens with zero attached hydrogens (tertiary/aromatic N) is 2. The molecule has 2 aromatic carbocycles. The summed E-state index contributed by atoms with van der Waals surface area (Å²) < 4.78 is 0. The van der Waals surface area contributed by atoms with Crippen LogP contribution in [0.1, 0.15) is 12.5 Å². The maximum Gasteiger partial charge on any atom is 0.278 e. The topological polar surface area (TPSA) is 44.7 Å². The minimum atomic E-state index is -0.858. The molecule has 0 spiro atoms. The van der Waals surface area contributed by atoms with Gasteiger partial charge in [-0.2, -0.15) is 0 Å². The average molecular weight is 265 g/mol. The van der Waals surface area contributed by atoms with E-state index in [1.165, 1.54) is 5.01 Å². The third-order valence-electron chi connectivity index (χ3n) is 3.43. The van der Waals surface area contributed by atoms with Crippen LogP contribution >= 0.6 is 0 Å². The summed E-state index contributed by atoms with van der Waals surface area (Å²) in [5, 5.41) is 1.43. The Morgan fingerprint density at radius 1 is 1.00 bits per heavy atom. The van der Waals surface area contributed by atoms with Crippen LogP contribution < -0.4 is 5.43 Å². The van der Waals surface area contributed by atoms with Gasteiger partial charge in [0.05, 0.1) is 5.69 Å². The number of hydrazine groups is 1. The largest absolute Gasteiger partial charge is 0.290 e. The molecule has 1 atom stereocenters. The Hall–Kier alpha value is -2.62. The second kappa shape index (κ2) is 4.81. The van der Waals surface area contributed by atoms with E-state index in [0.29, 0.717) is 0 Å². The summed E-state index contributed by atoms with van der Waals surface area (Å²) in [7, 11) is 0. The van der Waals surface area contributed by atoms with E-state index < -0.39 is 5.54 Å². The Morgan fingerprint density at radius 2 is 1.60 bits per heavy atom. The zero-order chi connectivity index (χ0) is 14.0. The fraction of sp³-hybridized carbons (Fsp3) is 0.125. The van der Waals surface area contributed by atoms with E-state index in [9.17, 15) is 4.79 Å². The van der Waals surface area contributed by atoms with Gasteiger partial charge in [0.1, 0.15) is 6.34 Å². The smallest absolute Gasteiger partial charge is 0.278 e. The summed E-state index contributed by atoms with van der Waals surface area (Å²) in [5.41, 5.74) is 3.93. The predicted octanol–water partition coefficient (Wildman–Crippen LogP) is 2.80. The second-order valence-corrected chi connectivity index (χ2v) is 4.84. The highest BCUT2D eigenvalue weighted by Gasteiger charge is 2.42. The number of para-hydroxylation sites is 1. The molecular formula is C16H15N3O. The first kappa shape index (κ1) is 12.4. The number of nitrogens with one attached hydrogen (secondary N) is 1. The van der Waals surface area contributed by atoms with Crippen molar-refractivity contribution < 1.29 is 4.79 Å². The van der Waals surface area contributed by atoms with Gasteiger partial charge in [0.2, 0.25) is 0 Å². The molecule has 1 amide bonds. The molecule has 4 heteroatoms. The van der Waals surface area contributed by atoms with Crippen LogP contribution in [-0.4, -0.2) is 17.3 Å². The van der Waals surface area contributed by atoms with E-state index >= 15 is 0 Å². The Labute approximate surface area is 117 Å². The highest BCUT2D eigenvalue weighted by molar-refractivity contribution is 6.01. The van der Waals surface area contributed by atoms with Crippen LogP contribution in [0.15, 0.2) is 65.7 Å². The third-order valence-corrected chi connectivity index (χ3v) is 3.43. The number of rotatable bonds is 3. The van der Waals surface area contributed by atoms with Gasteiger partial charge in [-0.05, 0) is 24.6 Å². The molecule has 1 aliphatic heterocycles. The summed E-state index contributed by atoms with van der Waals surface area (Å²) >= 11 is 0. The van der Waals surface area contributed by atoms with Gasteiger partial charge in [0.15, 0.2) is 5.54 Å². The number of carbonyl (C=O) groups is 1. The lowest BCUT2D eigenvalue weighted by Gasteiger charge is -2.23. The second-order valence-electron chi connectivity index (χ2n) is 4.84. The highest BCUT2D eigenvalue weighted by Crippen LogP contribution is 2.31. The van der Waals surface area contributed by atoms with Gasteiger partial charge in [0, 0.05) is 0 Å². The lowest BCUT2D eigenvalue weighted by molar-refractivity contribution is -0.129. The normalized spacial score (nSPS) is 21.2. The van der Waals surface area contributed by atoms with Crippen molar-refractivity contribution in [1.29, 1.82) is 0 Å². The lowest BCUT2D eigenvalue weighted by Crippen LogP contribution is -2.40. The number of aliphatic imine (C=N–C) groups is 1. The van der Waals surface area contributed by atoms with Gasteiger partial charge in [-0.25, -0.2) is 5.01 Å². The first-order chi connectivity index (χ1) is 9.70. The molecule has 0 fully saturated rings. The zero-order valence-electron chi connectivity index (χ0n) is 11.2. The molecule has 0 bridgehead atoms. The first-order valence-corrected chi connectivity index (χ1v) is 6.46. The maximum atomic E-state index is 12.6. The molecule has 0 saturated heterocycles. The van der Waals surface area contributed by atoms with Crippen LogP contribution in [0.25, 0.3) is 0 Å². The molecule has 1 unspecified atom stereocenters. The average Bonchev–Trinajstić information content (AvgIpc) is 2.79. The van der Waals surface area contributed by atoms with Crippen molar-refractivity contribution in [3.05, 3.63) is 66.2 Å². The van der Waals surface area contributed by atoms with Crippen LogP contribution in [-0.2, 0) is 10.3 Å². The number of carbonyl (C=O) groups excluding carboxylic acids is 1. The lowest BCUT2D eigenvalue weighted by atomic mass is 9.92. The van der Waals surface area contributed by atoms with Crippen LogP contribution in [0.2, 0.25) is 0 Å². The molecule has 2 aromatic rings. The van der Waals surface area contributed by atoms with E-state index in [1.54, 1.807) is 6.34 Å². The van der Waals surface area contributed by atoms with Gasteiger partial charge in [0.25, 0.3) is 5.91 Å². The molecule has 1 heterocycles. The van der Waals surface area contributed by atoms with E-state index in [-0.39, 0.29) is 5.91 Å². The van der Waals surface area contributed by atoms with Crippen molar-refractivity contribution in [1.82, 2.24) is 5.01 Å². The van der Waals surface area contributed by atoms with E-state index in [1.807, 2.05) is 67.6 Å². The van der Waals surface area contributed by atoms with Crippen molar-refractivity contribution in [2.24, 2.45) is 4.99 Å². The number of hydrogen-bond acceptors (Lipinski definition) is 3. The summed E-state index contributed by atoms with van der Waals surface area (Å²) in [6.07, 6.45) is 1.54. The third kappa shape index (κ3) is 2.05. The Balaban J connectivity index is 1.83. The van der Waals surface area contributed by atoms with Gasteiger partial charge in [-0.15, -0.1) is 0 Å². The van der Waals surface area contributed by atoms with Crippen LogP contribution in [0.3, 0.4) is 0 Å². The van der Waals surface area contributed by atoms with Crippen molar-refractivity contribution >= 4 is 17.9 Å². The molecule has 3 rings (SSSR count). The van der Waals surface area contributed by atoms with E-state index in [2.05, 4.69) is 10.4 Å². The number of amides is 1. The monoisotopic (exact) mass is 265 g/mol. The van der Waals surface area contributed by atoms with Gasteiger partial charge in [-0.1, -0.05) is 48.5 Å². The van der Waals surface area contributed by atoms with E-state index in [4.69, 9.17) is 0 Å². The molecule has 4 nitrogen and oxygen atoms in total.